The fourth-order valence-electron chi connectivity index (χ4n) is 1.82. The van der Waals surface area contributed by atoms with Crippen LogP contribution in [0.15, 0.2) is 36.8 Å². The Kier molecular flexibility index (Phi) is 2.33. The lowest BCUT2D eigenvalue weighted by Gasteiger charge is -2.06. The largest absolute Gasteiger partial charge is 0.497 e. The van der Waals surface area contributed by atoms with Crippen LogP contribution in [0.3, 0.4) is 0 Å². The molecule has 18 heavy (non-hydrogen) atoms. The predicted octanol–water partition coefficient (Wildman–Crippen LogP) is 1.41. The lowest BCUT2D eigenvalue weighted by Crippen LogP contribution is -2.00. The topological polar surface area (TPSA) is 78.8 Å². The van der Waals surface area contributed by atoms with Crippen molar-refractivity contribution in [2.75, 3.05) is 12.8 Å². The molecule has 3 rings (SSSR count). The van der Waals surface area contributed by atoms with Gasteiger partial charge in [-0.2, -0.15) is 4.68 Å². The highest BCUT2D eigenvalue weighted by molar-refractivity contribution is 5.89. The average molecular weight is 241 g/mol. The van der Waals surface area contributed by atoms with Crippen molar-refractivity contribution in [2.45, 2.75) is 0 Å². The predicted molar refractivity (Wildman–Crippen MR) is 67.6 cm³/mol. The van der Waals surface area contributed by atoms with E-state index in [1.165, 1.54) is 6.33 Å². The van der Waals surface area contributed by atoms with Crippen LogP contribution in [0.25, 0.3) is 16.6 Å². The summed E-state index contributed by atoms with van der Waals surface area (Å²) in [6.45, 7) is 0. The quantitative estimate of drug-likeness (QED) is 0.733. The Balaban J connectivity index is 2.28. The maximum Gasteiger partial charge on any atom is 0.239 e. The molecule has 6 heteroatoms. The Morgan fingerprint density at radius 1 is 1.22 bits per heavy atom. The lowest BCUT2D eigenvalue weighted by molar-refractivity contribution is 0.415. The van der Waals surface area contributed by atoms with Crippen molar-refractivity contribution in [3.05, 3.63) is 36.8 Å². The van der Waals surface area contributed by atoms with Gasteiger partial charge < -0.3 is 10.5 Å². The zero-order valence-corrected chi connectivity index (χ0v) is 9.74. The molecule has 2 N–H and O–H groups in total. The number of rotatable bonds is 2. The van der Waals surface area contributed by atoms with Crippen molar-refractivity contribution >= 4 is 16.7 Å². The van der Waals surface area contributed by atoms with Crippen LogP contribution in [0.1, 0.15) is 0 Å². The molecule has 0 bridgehead atoms. The van der Waals surface area contributed by atoms with Crippen molar-refractivity contribution in [3.8, 4) is 11.6 Å². The van der Waals surface area contributed by atoms with Gasteiger partial charge in [-0.15, -0.1) is 5.10 Å². The summed E-state index contributed by atoms with van der Waals surface area (Å²) >= 11 is 0. The van der Waals surface area contributed by atoms with Crippen LogP contribution in [-0.2, 0) is 0 Å². The number of benzene rings is 1. The summed E-state index contributed by atoms with van der Waals surface area (Å²) < 4.78 is 6.77. The fourth-order valence-corrected chi connectivity index (χ4v) is 1.82. The maximum absolute atomic E-state index is 5.52. The van der Waals surface area contributed by atoms with Gasteiger partial charge in [0.1, 0.15) is 12.1 Å². The van der Waals surface area contributed by atoms with Crippen LogP contribution in [0.5, 0.6) is 5.75 Å². The zero-order chi connectivity index (χ0) is 12.5. The molecule has 0 aliphatic rings. The number of hydrogen-bond acceptors (Lipinski definition) is 5. The molecule has 2 heterocycles. The van der Waals surface area contributed by atoms with Crippen molar-refractivity contribution in [1.82, 2.24) is 19.7 Å². The van der Waals surface area contributed by atoms with Crippen LogP contribution in [0.4, 0.5) is 5.95 Å². The summed E-state index contributed by atoms with van der Waals surface area (Å²) in [5, 5.41) is 6.05. The van der Waals surface area contributed by atoms with E-state index in [1.54, 1.807) is 18.0 Å². The van der Waals surface area contributed by atoms with Crippen LogP contribution in [0.2, 0.25) is 0 Å². The molecule has 0 aliphatic carbocycles. The van der Waals surface area contributed by atoms with Crippen LogP contribution in [-0.4, -0.2) is 26.9 Å². The Hall–Kier alpha value is -2.63. The van der Waals surface area contributed by atoms with Crippen molar-refractivity contribution < 1.29 is 4.74 Å². The van der Waals surface area contributed by atoms with Crippen LogP contribution >= 0.6 is 0 Å². The van der Waals surface area contributed by atoms with Crippen LogP contribution in [0, 0.1) is 0 Å². The van der Waals surface area contributed by atoms with Gasteiger partial charge in [0, 0.05) is 11.6 Å². The van der Waals surface area contributed by atoms with Crippen molar-refractivity contribution in [2.24, 2.45) is 0 Å². The Morgan fingerprint density at radius 3 is 2.83 bits per heavy atom. The van der Waals surface area contributed by atoms with E-state index in [1.807, 2.05) is 24.3 Å². The van der Waals surface area contributed by atoms with E-state index in [2.05, 4.69) is 15.1 Å². The number of hydrogen-bond donors (Lipinski definition) is 1. The second-order valence-corrected chi connectivity index (χ2v) is 3.77. The molecule has 0 fully saturated rings. The third-order valence-electron chi connectivity index (χ3n) is 2.68. The summed E-state index contributed by atoms with van der Waals surface area (Å²) in [5.41, 5.74) is 5.52. The molecule has 0 aliphatic heterocycles. The molecule has 90 valence electrons. The minimum Gasteiger partial charge on any atom is -0.497 e. The number of nitrogens with two attached hydrogens (primary N) is 1. The highest BCUT2D eigenvalue weighted by Crippen LogP contribution is 2.24. The van der Waals surface area contributed by atoms with Gasteiger partial charge in [-0.05, 0) is 23.6 Å². The van der Waals surface area contributed by atoms with Gasteiger partial charge in [-0.3, -0.25) is 0 Å². The third-order valence-corrected chi connectivity index (χ3v) is 2.68. The van der Waals surface area contributed by atoms with E-state index < -0.39 is 0 Å². The van der Waals surface area contributed by atoms with E-state index in [-0.39, 0.29) is 5.95 Å². The van der Waals surface area contributed by atoms with E-state index in [0.717, 1.165) is 16.5 Å². The number of aromatic nitrogens is 4. The molecule has 3 aromatic rings. The fraction of sp³-hybridized carbons (Fsp3) is 0.0833. The number of methoxy groups -OCH3 is 1. The third kappa shape index (κ3) is 1.64. The highest BCUT2D eigenvalue weighted by atomic mass is 16.5. The molecule has 6 nitrogen and oxygen atoms in total. The number of ether oxygens (including phenoxy) is 1. The lowest BCUT2D eigenvalue weighted by atomic mass is 10.1. The molecule has 0 unspecified atom stereocenters. The van der Waals surface area contributed by atoms with Gasteiger partial charge in [0.2, 0.25) is 5.95 Å². The Labute approximate surface area is 103 Å². The molecule has 0 radical (unpaired) electrons. The minimum atomic E-state index is 0.219. The maximum atomic E-state index is 5.52. The van der Waals surface area contributed by atoms with Gasteiger partial charge >= 0.3 is 0 Å². The smallest absolute Gasteiger partial charge is 0.239 e. The number of anilines is 1. The van der Waals surface area contributed by atoms with Crippen LogP contribution < -0.4 is 10.5 Å². The van der Waals surface area contributed by atoms with Crippen molar-refractivity contribution in [3.63, 3.8) is 0 Å². The van der Waals surface area contributed by atoms with Gasteiger partial charge in [0.15, 0.2) is 5.82 Å². The number of fused-ring (bicyclic) bond motifs is 1. The molecule has 0 spiro atoms. The molecule has 0 atom stereocenters. The molecule has 2 aromatic heterocycles. The number of nitrogen functional groups attached to an aromatic ring is 1. The number of nitrogens with zero attached hydrogens (tertiary/aromatic N) is 4. The molecule has 0 amide bonds. The molecular weight excluding hydrogens is 230 g/mol. The first kappa shape index (κ1) is 10.5. The summed E-state index contributed by atoms with van der Waals surface area (Å²) in [6, 6.07) is 7.72. The average Bonchev–Trinajstić information content (AvgIpc) is 2.84. The normalized spacial score (nSPS) is 10.7. The van der Waals surface area contributed by atoms with E-state index >= 15 is 0 Å². The van der Waals surface area contributed by atoms with Gasteiger partial charge in [-0.25, -0.2) is 9.97 Å². The minimum absolute atomic E-state index is 0.219. The molecule has 0 saturated heterocycles. The summed E-state index contributed by atoms with van der Waals surface area (Å²) in [5.74, 6) is 1.66. The molecule has 0 saturated carbocycles. The first-order valence-corrected chi connectivity index (χ1v) is 5.38. The molecule has 1 aromatic carbocycles. The molecular formula is C12H11N5O. The first-order valence-electron chi connectivity index (χ1n) is 5.38. The Morgan fingerprint density at radius 2 is 2.11 bits per heavy atom. The summed E-state index contributed by atoms with van der Waals surface area (Å²) in [6.07, 6.45) is 3.26. The Bertz CT molecular complexity index is 707. The first-order chi connectivity index (χ1) is 8.78. The van der Waals surface area contributed by atoms with E-state index in [9.17, 15) is 0 Å². The summed E-state index contributed by atoms with van der Waals surface area (Å²) in [4.78, 5) is 8.22. The van der Waals surface area contributed by atoms with E-state index in [4.69, 9.17) is 10.5 Å². The SMILES string of the molecule is COc1ccc2ccnc(-n3cnc(N)n3)c2c1. The van der Waals surface area contributed by atoms with Gasteiger partial charge in [-0.1, -0.05) is 6.07 Å². The second kappa shape index (κ2) is 3.99. The van der Waals surface area contributed by atoms with Gasteiger partial charge in [0.25, 0.3) is 0 Å². The standard InChI is InChI=1S/C12H11N5O/c1-18-9-3-2-8-4-5-14-11(10(8)6-9)17-7-15-12(13)16-17/h2-7H,1H3,(H2,13,16). The second-order valence-electron chi connectivity index (χ2n) is 3.77. The summed E-state index contributed by atoms with van der Waals surface area (Å²) in [7, 11) is 1.63. The van der Waals surface area contributed by atoms with Crippen molar-refractivity contribution in [1.29, 1.82) is 0 Å². The zero-order valence-electron chi connectivity index (χ0n) is 9.74. The van der Waals surface area contributed by atoms with E-state index in [0.29, 0.717) is 5.82 Å². The van der Waals surface area contributed by atoms with Gasteiger partial charge in [0.05, 0.1) is 7.11 Å². The number of pyridine rings is 1. The monoisotopic (exact) mass is 241 g/mol. The highest BCUT2D eigenvalue weighted by Gasteiger charge is 2.07.